The van der Waals surface area contributed by atoms with Crippen LogP contribution in [0.4, 0.5) is 8.78 Å². The largest absolute Gasteiger partial charge is 1.00 e. The van der Waals surface area contributed by atoms with Crippen LogP contribution in [0.3, 0.4) is 0 Å². The molecule has 0 rings (SSSR count). The SMILES string of the molecule is O=C([O-])CC(C(=O)OCC=C(F)F)S(=O)(=O)O.[Na+]. The van der Waals surface area contributed by atoms with Gasteiger partial charge in [-0.1, -0.05) is 0 Å². The van der Waals surface area contributed by atoms with E-state index in [-0.39, 0.29) is 35.6 Å². The number of rotatable bonds is 6. The number of carboxylic acids is 1. The Balaban J connectivity index is 0. The van der Waals surface area contributed by atoms with E-state index < -0.39 is 46.4 Å². The van der Waals surface area contributed by atoms with Crippen molar-refractivity contribution in [3.63, 3.8) is 0 Å². The fourth-order valence-corrected chi connectivity index (χ4v) is 1.40. The Morgan fingerprint density at radius 1 is 1.39 bits per heavy atom. The van der Waals surface area contributed by atoms with E-state index in [9.17, 15) is 31.9 Å². The van der Waals surface area contributed by atoms with Crippen molar-refractivity contribution in [3.05, 3.63) is 12.2 Å². The third-order valence-electron chi connectivity index (χ3n) is 1.44. The summed E-state index contributed by atoms with van der Waals surface area (Å²) in [4.78, 5) is 21.1. The molecule has 0 aromatic carbocycles. The van der Waals surface area contributed by atoms with Gasteiger partial charge in [0.1, 0.15) is 6.61 Å². The number of halogens is 2. The van der Waals surface area contributed by atoms with Crippen molar-refractivity contribution in [2.45, 2.75) is 11.7 Å². The average Bonchev–Trinajstić information content (AvgIpc) is 2.11. The van der Waals surface area contributed by atoms with E-state index in [1.54, 1.807) is 0 Å². The molecular weight excluding hydrogens is 289 g/mol. The summed E-state index contributed by atoms with van der Waals surface area (Å²) in [6.45, 7) is -0.944. The van der Waals surface area contributed by atoms with E-state index in [1.807, 2.05) is 0 Å². The minimum atomic E-state index is -5.01. The van der Waals surface area contributed by atoms with Crippen LogP contribution in [0.5, 0.6) is 0 Å². The second kappa shape index (κ2) is 8.53. The summed E-state index contributed by atoms with van der Waals surface area (Å²) in [6, 6.07) is 0. The standard InChI is InChI=1S/C7H8F2O7S.Na/c8-5(9)1-2-16-7(12)4(3-6(10)11)17(13,14)15;/h1,4H,2-3H2,(H,10,11)(H,13,14,15);/q;+1/p-1. The Kier molecular flexibility index (Phi) is 9.38. The smallest absolute Gasteiger partial charge is 0.550 e. The predicted octanol–water partition coefficient (Wildman–Crippen LogP) is -4.29. The van der Waals surface area contributed by atoms with Crippen molar-refractivity contribution in [3.8, 4) is 0 Å². The molecule has 18 heavy (non-hydrogen) atoms. The molecule has 0 aromatic heterocycles. The van der Waals surface area contributed by atoms with Gasteiger partial charge in [0.05, 0.1) is 0 Å². The first-order valence-electron chi connectivity index (χ1n) is 3.98. The van der Waals surface area contributed by atoms with Gasteiger partial charge in [-0.15, -0.1) is 0 Å². The minimum absolute atomic E-state index is 0. The topological polar surface area (TPSA) is 121 Å². The Labute approximate surface area is 123 Å². The van der Waals surface area contributed by atoms with Gasteiger partial charge in [-0.25, -0.2) is 0 Å². The summed E-state index contributed by atoms with van der Waals surface area (Å²) in [5, 5.41) is 7.72. The van der Waals surface area contributed by atoms with Gasteiger partial charge in [-0.05, 0) is 0 Å². The van der Waals surface area contributed by atoms with Crippen LogP contribution in [0.15, 0.2) is 12.2 Å². The first kappa shape index (κ1) is 19.8. The molecule has 0 aliphatic heterocycles. The molecule has 0 spiro atoms. The summed E-state index contributed by atoms with van der Waals surface area (Å²) in [7, 11) is -5.01. The molecule has 1 unspecified atom stereocenters. The maximum absolute atomic E-state index is 11.5. The van der Waals surface area contributed by atoms with Crippen molar-refractivity contribution in [2.24, 2.45) is 0 Å². The molecule has 0 heterocycles. The molecule has 0 amide bonds. The van der Waals surface area contributed by atoms with Crippen molar-refractivity contribution >= 4 is 22.1 Å². The van der Waals surface area contributed by atoms with E-state index in [0.717, 1.165) is 0 Å². The van der Waals surface area contributed by atoms with Gasteiger partial charge >= 0.3 is 35.5 Å². The molecule has 0 fully saturated rings. The summed E-state index contributed by atoms with van der Waals surface area (Å²) < 4.78 is 56.8. The maximum atomic E-state index is 11.5. The van der Waals surface area contributed by atoms with Crippen LogP contribution < -0.4 is 34.7 Å². The molecule has 1 N–H and O–H groups in total. The van der Waals surface area contributed by atoms with E-state index >= 15 is 0 Å². The summed E-state index contributed by atoms with van der Waals surface area (Å²) >= 11 is 0. The van der Waals surface area contributed by atoms with Gasteiger partial charge in [0, 0.05) is 18.5 Å². The first-order valence-corrected chi connectivity index (χ1v) is 5.49. The third-order valence-corrected chi connectivity index (χ3v) is 2.52. The van der Waals surface area contributed by atoms with Gasteiger partial charge in [-0.3, -0.25) is 9.35 Å². The number of ether oxygens (including phenoxy) is 1. The Hall–Kier alpha value is -0.550. The minimum Gasteiger partial charge on any atom is -0.550 e. The zero-order valence-corrected chi connectivity index (χ0v) is 11.9. The summed E-state index contributed by atoms with van der Waals surface area (Å²) in [5.74, 6) is -3.58. The van der Waals surface area contributed by atoms with Crippen LogP contribution in [0, 0.1) is 0 Å². The van der Waals surface area contributed by atoms with Crippen LogP contribution in [-0.4, -0.2) is 36.8 Å². The van der Waals surface area contributed by atoms with Crippen LogP contribution in [0.2, 0.25) is 0 Å². The number of carboxylic acid groups (broad SMARTS) is 1. The Morgan fingerprint density at radius 3 is 2.22 bits per heavy atom. The van der Waals surface area contributed by atoms with Gasteiger partial charge in [0.2, 0.25) is 0 Å². The van der Waals surface area contributed by atoms with Gasteiger partial charge in [-0.2, -0.15) is 17.2 Å². The molecule has 0 aliphatic rings. The number of carbonyl (C=O) groups is 2. The maximum Gasteiger partial charge on any atom is 1.00 e. The first-order chi connectivity index (χ1) is 7.64. The number of aliphatic carboxylic acids is 1. The normalized spacial score (nSPS) is 11.9. The van der Waals surface area contributed by atoms with Crippen molar-refractivity contribution in [1.29, 1.82) is 0 Å². The van der Waals surface area contributed by atoms with Gasteiger partial charge in [0.15, 0.2) is 5.25 Å². The molecular formula is C7H7F2NaO7S. The zero-order chi connectivity index (χ0) is 13.6. The van der Waals surface area contributed by atoms with Crippen LogP contribution in [0.25, 0.3) is 0 Å². The second-order valence-corrected chi connectivity index (χ2v) is 4.30. The third kappa shape index (κ3) is 8.53. The van der Waals surface area contributed by atoms with E-state index in [2.05, 4.69) is 4.74 Å². The Bertz CT molecular complexity index is 429. The number of hydrogen-bond acceptors (Lipinski definition) is 6. The van der Waals surface area contributed by atoms with Crippen molar-refractivity contribution < 1.29 is 70.7 Å². The fourth-order valence-electron chi connectivity index (χ4n) is 0.741. The number of carbonyl (C=O) groups excluding carboxylic acids is 2. The van der Waals surface area contributed by atoms with Crippen LogP contribution >= 0.6 is 0 Å². The van der Waals surface area contributed by atoms with Gasteiger partial charge in [0.25, 0.3) is 16.2 Å². The molecule has 0 saturated heterocycles. The zero-order valence-electron chi connectivity index (χ0n) is 9.13. The van der Waals surface area contributed by atoms with Crippen molar-refractivity contribution in [1.82, 2.24) is 0 Å². The molecule has 0 bridgehead atoms. The van der Waals surface area contributed by atoms with E-state index in [4.69, 9.17) is 4.55 Å². The van der Waals surface area contributed by atoms with E-state index in [1.165, 1.54) is 0 Å². The summed E-state index contributed by atoms with van der Waals surface area (Å²) in [5.41, 5.74) is 0. The molecule has 0 saturated carbocycles. The second-order valence-electron chi connectivity index (χ2n) is 2.70. The molecule has 0 aromatic rings. The molecule has 7 nitrogen and oxygen atoms in total. The van der Waals surface area contributed by atoms with Crippen LogP contribution in [0.1, 0.15) is 6.42 Å². The Morgan fingerprint density at radius 2 is 1.89 bits per heavy atom. The molecule has 1 atom stereocenters. The fraction of sp³-hybridized carbons (Fsp3) is 0.429. The van der Waals surface area contributed by atoms with E-state index in [0.29, 0.717) is 0 Å². The molecule has 98 valence electrons. The molecule has 0 aliphatic carbocycles. The number of hydrogen-bond donors (Lipinski definition) is 1. The number of esters is 1. The molecule has 11 heteroatoms. The van der Waals surface area contributed by atoms with Crippen LogP contribution in [-0.2, 0) is 24.4 Å². The quantitative estimate of drug-likeness (QED) is 0.299. The summed E-state index contributed by atoms with van der Waals surface area (Å²) in [6.07, 6.45) is -3.33. The van der Waals surface area contributed by atoms with Gasteiger partial charge < -0.3 is 14.6 Å². The molecule has 0 radical (unpaired) electrons. The van der Waals surface area contributed by atoms with Crippen molar-refractivity contribution in [2.75, 3.05) is 6.61 Å². The predicted molar refractivity (Wildman–Crippen MR) is 46.2 cm³/mol. The average molecular weight is 296 g/mol. The monoisotopic (exact) mass is 296 g/mol.